The Morgan fingerprint density at radius 3 is 2.56 bits per heavy atom. The summed E-state index contributed by atoms with van der Waals surface area (Å²) in [4.78, 5) is 2.51. The summed E-state index contributed by atoms with van der Waals surface area (Å²) in [5.74, 6) is 0. The molecule has 104 valence electrons. The summed E-state index contributed by atoms with van der Waals surface area (Å²) in [6.45, 7) is 6.70. The number of hydrogen-bond acceptors (Lipinski definition) is 4. The minimum absolute atomic E-state index is 0.298. The Kier molecular flexibility index (Phi) is 7.26. The van der Waals surface area contributed by atoms with Crippen LogP contribution in [0.1, 0.15) is 46.0 Å². The van der Waals surface area contributed by atoms with Crippen molar-refractivity contribution in [3.63, 3.8) is 0 Å². The summed E-state index contributed by atoms with van der Waals surface area (Å²) >= 11 is 0. The lowest BCUT2D eigenvalue weighted by Crippen LogP contribution is -2.43. The molecule has 1 aliphatic carbocycles. The molecule has 0 radical (unpaired) electrons. The first-order valence-electron chi connectivity index (χ1n) is 7.18. The molecular weight excluding hydrogens is 226 g/mol. The van der Waals surface area contributed by atoms with Gasteiger partial charge in [0.1, 0.15) is 6.10 Å². The van der Waals surface area contributed by atoms with E-state index in [1.165, 1.54) is 12.8 Å². The van der Waals surface area contributed by atoms with Crippen molar-refractivity contribution in [1.29, 1.82) is 5.26 Å². The van der Waals surface area contributed by atoms with Gasteiger partial charge in [0.25, 0.3) is 0 Å². The van der Waals surface area contributed by atoms with E-state index in [1.54, 1.807) is 6.92 Å². The fourth-order valence-corrected chi connectivity index (χ4v) is 2.61. The van der Waals surface area contributed by atoms with E-state index in [0.29, 0.717) is 18.7 Å². The summed E-state index contributed by atoms with van der Waals surface area (Å²) < 4.78 is 5.45. The highest BCUT2D eigenvalue weighted by atomic mass is 16.5. The number of nitrogens with zero attached hydrogens (tertiary/aromatic N) is 2. The fourth-order valence-electron chi connectivity index (χ4n) is 2.61. The molecule has 0 aliphatic heterocycles. The van der Waals surface area contributed by atoms with Gasteiger partial charge in [-0.15, -0.1) is 0 Å². The fraction of sp³-hybridized carbons (Fsp3) is 0.929. The van der Waals surface area contributed by atoms with E-state index in [2.05, 4.69) is 17.9 Å². The maximum absolute atomic E-state index is 8.68. The van der Waals surface area contributed by atoms with Crippen molar-refractivity contribution >= 4 is 0 Å². The van der Waals surface area contributed by atoms with Crippen LogP contribution in [0.25, 0.3) is 0 Å². The van der Waals surface area contributed by atoms with Crippen molar-refractivity contribution in [3.8, 4) is 6.07 Å². The standard InChI is InChI=1S/C14H27N3O/c1-3-8-17(9-10-18-12(2)11-15)14-6-4-13(16)5-7-14/h12-14H,3-10,16H2,1-2H3. The second-order valence-corrected chi connectivity index (χ2v) is 5.25. The van der Waals surface area contributed by atoms with E-state index in [-0.39, 0.29) is 6.10 Å². The maximum Gasteiger partial charge on any atom is 0.141 e. The summed E-state index contributed by atoms with van der Waals surface area (Å²) in [5, 5.41) is 8.68. The SMILES string of the molecule is CCCN(CCOC(C)C#N)C1CCC(N)CC1. The molecule has 0 aromatic rings. The van der Waals surface area contributed by atoms with Gasteiger partial charge in [0.2, 0.25) is 0 Å². The molecule has 1 saturated carbocycles. The third kappa shape index (κ3) is 5.34. The molecule has 1 atom stereocenters. The molecule has 1 unspecified atom stereocenters. The Balaban J connectivity index is 2.32. The minimum Gasteiger partial charge on any atom is -0.362 e. The largest absolute Gasteiger partial charge is 0.362 e. The molecule has 0 bridgehead atoms. The second-order valence-electron chi connectivity index (χ2n) is 5.25. The molecule has 1 aliphatic rings. The van der Waals surface area contributed by atoms with Crippen LogP contribution in [-0.2, 0) is 4.74 Å². The van der Waals surface area contributed by atoms with Gasteiger partial charge in [-0.25, -0.2) is 0 Å². The molecule has 0 aromatic carbocycles. The van der Waals surface area contributed by atoms with Crippen molar-refractivity contribution in [2.24, 2.45) is 5.73 Å². The van der Waals surface area contributed by atoms with Crippen LogP contribution in [0.4, 0.5) is 0 Å². The van der Waals surface area contributed by atoms with Crippen molar-refractivity contribution in [2.45, 2.75) is 64.1 Å². The van der Waals surface area contributed by atoms with Gasteiger partial charge in [0, 0.05) is 18.6 Å². The van der Waals surface area contributed by atoms with E-state index < -0.39 is 0 Å². The number of ether oxygens (including phenoxy) is 1. The van der Waals surface area contributed by atoms with Crippen molar-refractivity contribution in [2.75, 3.05) is 19.7 Å². The predicted molar refractivity (Wildman–Crippen MR) is 73.1 cm³/mol. The monoisotopic (exact) mass is 253 g/mol. The highest BCUT2D eigenvalue weighted by molar-refractivity contribution is 4.82. The topological polar surface area (TPSA) is 62.3 Å². The van der Waals surface area contributed by atoms with Crippen LogP contribution in [0, 0.1) is 11.3 Å². The van der Waals surface area contributed by atoms with Gasteiger partial charge in [-0.05, 0) is 45.6 Å². The molecule has 18 heavy (non-hydrogen) atoms. The van der Waals surface area contributed by atoms with Crippen LogP contribution in [-0.4, -0.2) is 42.8 Å². The molecule has 0 saturated heterocycles. The van der Waals surface area contributed by atoms with Crippen LogP contribution in [0.15, 0.2) is 0 Å². The first-order chi connectivity index (χ1) is 8.67. The van der Waals surface area contributed by atoms with Crippen molar-refractivity contribution < 1.29 is 4.74 Å². The lowest BCUT2D eigenvalue weighted by molar-refractivity contribution is 0.0567. The molecule has 1 rings (SSSR count). The molecule has 1 fully saturated rings. The normalized spacial score (nSPS) is 25.9. The summed E-state index contributed by atoms with van der Waals surface area (Å²) in [6.07, 6.45) is 5.55. The smallest absolute Gasteiger partial charge is 0.141 e. The van der Waals surface area contributed by atoms with Gasteiger partial charge in [0.15, 0.2) is 0 Å². The van der Waals surface area contributed by atoms with Gasteiger partial charge in [0.05, 0.1) is 12.7 Å². The summed E-state index contributed by atoms with van der Waals surface area (Å²) in [5.41, 5.74) is 5.95. The highest BCUT2D eigenvalue weighted by Gasteiger charge is 2.23. The van der Waals surface area contributed by atoms with E-state index in [9.17, 15) is 0 Å². The third-order valence-electron chi connectivity index (χ3n) is 3.70. The number of nitriles is 1. The molecule has 0 spiro atoms. The Morgan fingerprint density at radius 2 is 2.00 bits per heavy atom. The minimum atomic E-state index is -0.298. The third-order valence-corrected chi connectivity index (χ3v) is 3.70. The van der Waals surface area contributed by atoms with E-state index >= 15 is 0 Å². The molecule has 0 amide bonds. The van der Waals surface area contributed by atoms with Gasteiger partial charge in [-0.2, -0.15) is 5.26 Å². The zero-order valence-corrected chi connectivity index (χ0v) is 11.8. The van der Waals surface area contributed by atoms with Crippen LogP contribution in [0.3, 0.4) is 0 Å². The Morgan fingerprint density at radius 1 is 1.33 bits per heavy atom. The van der Waals surface area contributed by atoms with Gasteiger partial charge in [-0.1, -0.05) is 6.92 Å². The molecular formula is C14H27N3O. The lowest BCUT2D eigenvalue weighted by atomic mass is 9.90. The van der Waals surface area contributed by atoms with Crippen molar-refractivity contribution in [1.82, 2.24) is 4.90 Å². The number of hydrogen-bond donors (Lipinski definition) is 1. The average Bonchev–Trinajstić information content (AvgIpc) is 2.38. The van der Waals surface area contributed by atoms with Crippen LogP contribution >= 0.6 is 0 Å². The van der Waals surface area contributed by atoms with Crippen LogP contribution in [0.2, 0.25) is 0 Å². The quantitative estimate of drug-likeness (QED) is 0.752. The van der Waals surface area contributed by atoms with Gasteiger partial charge in [-0.3, -0.25) is 4.90 Å². The second kappa shape index (κ2) is 8.47. The summed E-state index contributed by atoms with van der Waals surface area (Å²) in [6, 6.07) is 3.16. The molecule has 0 heterocycles. The Hall–Kier alpha value is -0.630. The predicted octanol–water partition coefficient (Wildman–Crippen LogP) is 1.90. The van der Waals surface area contributed by atoms with E-state index in [0.717, 1.165) is 32.4 Å². The van der Waals surface area contributed by atoms with Crippen LogP contribution < -0.4 is 5.73 Å². The average molecular weight is 253 g/mol. The molecule has 2 N–H and O–H groups in total. The number of nitrogens with two attached hydrogens (primary N) is 1. The highest BCUT2D eigenvalue weighted by Crippen LogP contribution is 2.22. The molecule has 0 aromatic heterocycles. The maximum atomic E-state index is 8.68. The first-order valence-corrected chi connectivity index (χ1v) is 7.18. The van der Waals surface area contributed by atoms with E-state index in [1.807, 2.05) is 0 Å². The zero-order chi connectivity index (χ0) is 13.4. The van der Waals surface area contributed by atoms with Gasteiger partial charge < -0.3 is 10.5 Å². The zero-order valence-electron chi connectivity index (χ0n) is 11.8. The van der Waals surface area contributed by atoms with Crippen LogP contribution in [0.5, 0.6) is 0 Å². The van der Waals surface area contributed by atoms with Crippen molar-refractivity contribution in [3.05, 3.63) is 0 Å². The number of rotatable bonds is 7. The molecule has 4 nitrogen and oxygen atoms in total. The lowest BCUT2D eigenvalue weighted by Gasteiger charge is -2.36. The summed E-state index contributed by atoms with van der Waals surface area (Å²) in [7, 11) is 0. The Bertz CT molecular complexity index is 256. The van der Waals surface area contributed by atoms with E-state index in [4.69, 9.17) is 15.7 Å². The first kappa shape index (κ1) is 15.4. The Labute approximate surface area is 111 Å². The van der Waals surface area contributed by atoms with Gasteiger partial charge >= 0.3 is 0 Å². The molecule has 4 heteroatoms.